The highest BCUT2D eigenvalue weighted by molar-refractivity contribution is 5.95. The van der Waals surface area contributed by atoms with Crippen LogP contribution in [-0.4, -0.2) is 56.7 Å². The van der Waals surface area contributed by atoms with Crippen molar-refractivity contribution < 1.29 is 14.3 Å². The highest BCUT2D eigenvalue weighted by atomic mass is 16.5. The normalized spacial score (nSPS) is 19.4. The van der Waals surface area contributed by atoms with Crippen LogP contribution in [0.15, 0.2) is 59.8 Å². The number of rotatable bonds is 5. The van der Waals surface area contributed by atoms with Crippen molar-refractivity contribution in [1.82, 2.24) is 15.5 Å². The van der Waals surface area contributed by atoms with Crippen LogP contribution in [-0.2, 0) is 9.53 Å². The van der Waals surface area contributed by atoms with Gasteiger partial charge in [-0.25, -0.2) is 9.59 Å². The minimum atomic E-state index is -0.538. The van der Waals surface area contributed by atoms with E-state index in [2.05, 4.69) is 52.5 Å². The van der Waals surface area contributed by atoms with Crippen molar-refractivity contribution in [1.29, 1.82) is 0 Å². The van der Waals surface area contributed by atoms with Gasteiger partial charge in [0, 0.05) is 44.1 Å². The van der Waals surface area contributed by atoms with Crippen molar-refractivity contribution >= 4 is 17.7 Å². The summed E-state index contributed by atoms with van der Waals surface area (Å²) in [5, 5.41) is 5.73. The number of aryl methyl sites for hydroxylation is 2. The van der Waals surface area contributed by atoms with E-state index in [1.54, 1.807) is 0 Å². The summed E-state index contributed by atoms with van der Waals surface area (Å²) < 4.78 is 5.08. The van der Waals surface area contributed by atoms with E-state index in [0.29, 0.717) is 17.8 Å². The average Bonchev–Trinajstić information content (AvgIpc) is 2.81. The number of hydrogen-bond acceptors (Lipinski definition) is 5. The maximum atomic E-state index is 12.7. The maximum absolute atomic E-state index is 12.7. The van der Waals surface area contributed by atoms with E-state index >= 15 is 0 Å². The molecule has 168 valence electrons. The Morgan fingerprint density at radius 2 is 1.78 bits per heavy atom. The molecule has 7 nitrogen and oxygen atoms in total. The Morgan fingerprint density at radius 3 is 2.47 bits per heavy atom. The SMILES string of the molecule is COC(=O)C1=C(CN2CCN(c3cc(C)ccc3C)CC2)NC(=O)N[C@@H]1c1ccccc1. The molecule has 2 aromatic rings. The second kappa shape index (κ2) is 9.44. The van der Waals surface area contributed by atoms with Crippen molar-refractivity contribution in [2.24, 2.45) is 0 Å². The van der Waals surface area contributed by atoms with Crippen LogP contribution in [0.2, 0.25) is 0 Å². The van der Waals surface area contributed by atoms with Gasteiger partial charge in [0.15, 0.2) is 0 Å². The molecule has 0 spiro atoms. The van der Waals surface area contributed by atoms with Crippen molar-refractivity contribution in [3.05, 3.63) is 76.5 Å². The first-order chi connectivity index (χ1) is 15.5. The van der Waals surface area contributed by atoms with Gasteiger partial charge in [-0.15, -0.1) is 0 Å². The summed E-state index contributed by atoms with van der Waals surface area (Å²) in [6.45, 7) is 8.20. The number of nitrogens with zero attached hydrogens (tertiary/aromatic N) is 2. The van der Waals surface area contributed by atoms with Gasteiger partial charge in [-0.05, 0) is 36.6 Å². The number of benzene rings is 2. The summed E-state index contributed by atoms with van der Waals surface area (Å²) in [5.74, 6) is -0.435. The van der Waals surface area contributed by atoms with Gasteiger partial charge in [-0.1, -0.05) is 42.5 Å². The second-order valence-corrected chi connectivity index (χ2v) is 8.38. The van der Waals surface area contributed by atoms with Gasteiger partial charge in [-0.2, -0.15) is 0 Å². The molecule has 1 atom stereocenters. The lowest BCUT2D eigenvalue weighted by Crippen LogP contribution is -2.51. The summed E-state index contributed by atoms with van der Waals surface area (Å²) in [5.41, 5.74) is 5.71. The van der Waals surface area contributed by atoms with Crippen LogP contribution in [0.4, 0.5) is 10.5 Å². The van der Waals surface area contributed by atoms with E-state index in [9.17, 15) is 9.59 Å². The molecule has 2 aliphatic rings. The van der Waals surface area contributed by atoms with E-state index in [1.165, 1.54) is 23.9 Å². The highest BCUT2D eigenvalue weighted by Gasteiger charge is 2.34. The summed E-state index contributed by atoms with van der Waals surface area (Å²) in [4.78, 5) is 29.8. The number of esters is 1. The van der Waals surface area contributed by atoms with Gasteiger partial charge >= 0.3 is 12.0 Å². The molecule has 0 aromatic heterocycles. The molecular weight excluding hydrogens is 404 g/mol. The third kappa shape index (κ3) is 4.62. The molecule has 0 saturated carbocycles. The third-order valence-corrected chi connectivity index (χ3v) is 6.15. The number of methoxy groups -OCH3 is 1. The molecule has 0 aliphatic carbocycles. The molecular formula is C25H30N4O3. The van der Waals surface area contributed by atoms with Gasteiger partial charge in [0.1, 0.15) is 0 Å². The number of carbonyl (C=O) groups is 2. The quantitative estimate of drug-likeness (QED) is 0.708. The predicted molar refractivity (Wildman–Crippen MR) is 124 cm³/mol. The molecule has 7 heteroatoms. The van der Waals surface area contributed by atoms with E-state index in [4.69, 9.17) is 4.74 Å². The van der Waals surface area contributed by atoms with Crippen LogP contribution < -0.4 is 15.5 Å². The zero-order chi connectivity index (χ0) is 22.7. The fraction of sp³-hybridized carbons (Fsp3) is 0.360. The Bertz CT molecular complexity index is 1030. The molecule has 2 amide bonds. The molecule has 2 heterocycles. The smallest absolute Gasteiger partial charge is 0.338 e. The standard InChI is InChI=1S/C25H30N4O3/c1-17-9-10-18(2)21(15-17)29-13-11-28(12-14-29)16-20-22(24(30)32-3)23(27-25(31)26-20)19-7-5-4-6-8-19/h4-10,15,23H,11-14,16H2,1-3H3,(H2,26,27,31)/t23-/m1/s1. The largest absolute Gasteiger partial charge is 0.466 e. The molecule has 0 unspecified atom stereocenters. The molecule has 2 N–H and O–H groups in total. The Balaban J connectivity index is 1.54. The summed E-state index contributed by atoms with van der Waals surface area (Å²) in [6.07, 6.45) is 0. The number of amides is 2. The molecule has 0 radical (unpaired) electrons. The van der Waals surface area contributed by atoms with Gasteiger partial charge in [-0.3, -0.25) is 4.90 Å². The molecule has 32 heavy (non-hydrogen) atoms. The highest BCUT2D eigenvalue weighted by Crippen LogP contribution is 2.28. The monoisotopic (exact) mass is 434 g/mol. The summed E-state index contributed by atoms with van der Waals surface area (Å²) >= 11 is 0. The Morgan fingerprint density at radius 1 is 1.06 bits per heavy atom. The van der Waals surface area contributed by atoms with Crippen molar-refractivity contribution in [3.8, 4) is 0 Å². The van der Waals surface area contributed by atoms with E-state index in [-0.39, 0.29) is 6.03 Å². The number of urea groups is 1. The zero-order valence-corrected chi connectivity index (χ0v) is 18.9. The minimum Gasteiger partial charge on any atom is -0.466 e. The topological polar surface area (TPSA) is 73.9 Å². The summed E-state index contributed by atoms with van der Waals surface area (Å²) in [7, 11) is 1.37. The predicted octanol–water partition coefficient (Wildman–Crippen LogP) is 2.91. The molecule has 0 bridgehead atoms. The minimum absolute atomic E-state index is 0.310. The van der Waals surface area contributed by atoms with Crippen LogP contribution in [0.1, 0.15) is 22.7 Å². The van der Waals surface area contributed by atoms with Crippen LogP contribution in [0.5, 0.6) is 0 Å². The van der Waals surface area contributed by atoms with Crippen LogP contribution in [0, 0.1) is 13.8 Å². The van der Waals surface area contributed by atoms with Crippen LogP contribution in [0.25, 0.3) is 0 Å². The number of anilines is 1. The first kappa shape index (κ1) is 21.9. The van der Waals surface area contributed by atoms with E-state index in [0.717, 1.165) is 31.7 Å². The van der Waals surface area contributed by atoms with Crippen molar-refractivity contribution in [3.63, 3.8) is 0 Å². The van der Waals surface area contributed by atoms with Crippen LogP contribution in [0.3, 0.4) is 0 Å². The van der Waals surface area contributed by atoms with Gasteiger partial charge in [0.2, 0.25) is 0 Å². The zero-order valence-electron chi connectivity index (χ0n) is 18.9. The number of hydrogen-bond donors (Lipinski definition) is 2. The van der Waals surface area contributed by atoms with Gasteiger partial charge < -0.3 is 20.3 Å². The van der Waals surface area contributed by atoms with Crippen LogP contribution >= 0.6 is 0 Å². The summed E-state index contributed by atoms with van der Waals surface area (Å²) in [6, 6.07) is 15.2. The fourth-order valence-electron chi connectivity index (χ4n) is 4.42. The number of piperazine rings is 1. The Labute approximate surface area is 189 Å². The maximum Gasteiger partial charge on any atom is 0.338 e. The second-order valence-electron chi connectivity index (χ2n) is 8.38. The van der Waals surface area contributed by atoms with Gasteiger partial charge in [0.05, 0.1) is 18.7 Å². The fourth-order valence-corrected chi connectivity index (χ4v) is 4.42. The molecule has 4 rings (SSSR count). The lowest BCUT2D eigenvalue weighted by Gasteiger charge is -2.38. The Kier molecular flexibility index (Phi) is 6.46. The molecule has 1 saturated heterocycles. The first-order valence-electron chi connectivity index (χ1n) is 10.9. The van der Waals surface area contributed by atoms with Gasteiger partial charge in [0.25, 0.3) is 0 Å². The average molecular weight is 435 g/mol. The number of carbonyl (C=O) groups excluding carboxylic acids is 2. The molecule has 2 aliphatic heterocycles. The number of nitrogens with one attached hydrogen (secondary N) is 2. The molecule has 1 fully saturated rings. The number of ether oxygens (including phenoxy) is 1. The Hall–Kier alpha value is -3.32. The van der Waals surface area contributed by atoms with Crippen molar-refractivity contribution in [2.45, 2.75) is 19.9 Å². The first-order valence-corrected chi connectivity index (χ1v) is 10.9. The third-order valence-electron chi connectivity index (χ3n) is 6.15. The lowest BCUT2D eigenvalue weighted by molar-refractivity contribution is -0.136. The lowest BCUT2D eigenvalue weighted by atomic mass is 9.95. The van der Waals surface area contributed by atoms with E-state index in [1.807, 2.05) is 30.3 Å². The molecule has 2 aromatic carbocycles. The van der Waals surface area contributed by atoms with E-state index < -0.39 is 12.0 Å². The van der Waals surface area contributed by atoms with Crippen molar-refractivity contribution in [2.75, 3.05) is 44.7 Å².